The van der Waals surface area contributed by atoms with Crippen molar-refractivity contribution in [2.75, 3.05) is 33.0 Å². The minimum Gasteiger partial charge on any atom is -0.486 e. The van der Waals surface area contributed by atoms with E-state index in [1.165, 1.54) is 6.07 Å². The Bertz CT molecular complexity index is 629. The minimum absolute atomic E-state index is 0.227. The number of nitrogens with one attached hydrogen (secondary N) is 1. The van der Waals surface area contributed by atoms with Crippen molar-refractivity contribution in [2.45, 2.75) is 19.8 Å². The molecule has 25 heavy (non-hydrogen) atoms. The summed E-state index contributed by atoms with van der Waals surface area (Å²) in [6.07, 6.45) is 0.686. The van der Waals surface area contributed by atoms with E-state index in [0.717, 1.165) is 0 Å². The van der Waals surface area contributed by atoms with Gasteiger partial charge in [0.25, 0.3) is 5.91 Å². The lowest BCUT2D eigenvalue weighted by Gasteiger charge is -2.18. The fourth-order valence-corrected chi connectivity index (χ4v) is 2.13. The molecule has 136 valence electrons. The molecule has 0 spiro atoms. The highest BCUT2D eigenvalue weighted by Gasteiger charge is 2.16. The normalized spacial score (nSPS) is 12.2. The smallest absolute Gasteiger partial charge is 0.338 e. The zero-order chi connectivity index (χ0) is 18.1. The molecule has 0 unspecified atom stereocenters. The van der Waals surface area contributed by atoms with Crippen molar-refractivity contribution < 1.29 is 33.3 Å². The molecule has 8 nitrogen and oxygen atoms in total. The van der Waals surface area contributed by atoms with E-state index in [1.54, 1.807) is 19.1 Å². The van der Waals surface area contributed by atoms with Crippen molar-refractivity contribution in [3.05, 3.63) is 23.8 Å². The lowest BCUT2D eigenvalue weighted by atomic mass is 10.2. The third-order valence-corrected chi connectivity index (χ3v) is 3.30. The molecule has 0 aliphatic carbocycles. The Kier molecular flexibility index (Phi) is 7.06. The molecule has 1 N–H and O–H groups in total. The Morgan fingerprint density at radius 1 is 1.12 bits per heavy atom. The van der Waals surface area contributed by atoms with Crippen LogP contribution in [0.4, 0.5) is 0 Å². The summed E-state index contributed by atoms with van der Waals surface area (Å²) in [6, 6.07) is 4.70. The highest BCUT2D eigenvalue weighted by atomic mass is 16.6. The quantitative estimate of drug-likeness (QED) is 0.552. The summed E-state index contributed by atoms with van der Waals surface area (Å²) in [5, 5.41) is 2.57. The molecule has 0 fully saturated rings. The third-order valence-electron chi connectivity index (χ3n) is 3.30. The Balaban J connectivity index is 1.69. The summed E-state index contributed by atoms with van der Waals surface area (Å²) in [5.41, 5.74) is 0.277. The van der Waals surface area contributed by atoms with E-state index in [1.807, 2.05) is 0 Å². The first kappa shape index (κ1) is 18.6. The van der Waals surface area contributed by atoms with Crippen LogP contribution in [0.2, 0.25) is 0 Å². The van der Waals surface area contributed by atoms with E-state index >= 15 is 0 Å². The Labute approximate surface area is 145 Å². The maximum Gasteiger partial charge on any atom is 0.338 e. The average Bonchev–Trinajstić information content (AvgIpc) is 2.63. The number of fused-ring (bicyclic) bond motifs is 1. The monoisotopic (exact) mass is 351 g/mol. The predicted molar refractivity (Wildman–Crippen MR) is 86.6 cm³/mol. The van der Waals surface area contributed by atoms with Crippen LogP contribution in [0.25, 0.3) is 0 Å². The van der Waals surface area contributed by atoms with Crippen molar-refractivity contribution in [1.82, 2.24) is 5.32 Å². The predicted octanol–water partition coefficient (Wildman–Crippen LogP) is 1.07. The molecule has 1 aromatic carbocycles. The maximum absolute atomic E-state index is 12.0. The fourth-order valence-electron chi connectivity index (χ4n) is 2.13. The largest absolute Gasteiger partial charge is 0.486 e. The number of rotatable bonds is 8. The summed E-state index contributed by atoms with van der Waals surface area (Å²) in [4.78, 5) is 34.7. The summed E-state index contributed by atoms with van der Waals surface area (Å²) in [7, 11) is 0. The average molecular weight is 351 g/mol. The molecule has 8 heteroatoms. The number of carbonyl (C=O) groups is 3. The number of hydrogen-bond acceptors (Lipinski definition) is 7. The first-order valence-corrected chi connectivity index (χ1v) is 8.09. The van der Waals surface area contributed by atoms with E-state index in [0.29, 0.717) is 44.3 Å². The summed E-state index contributed by atoms with van der Waals surface area (Å²) < 4.78 is 20.5. The first-order chi connectivity index (χ1) is 12.1. The van der Waals surface area contributed by atoms with Crippen molar-refractivity contribution >= 4 is 17.8 Å². The van der Waals surface area contributed by atoms with Crippen molar-refractivity contribution in [2.24, 2.45) is 0 Å². The molecule has 0 atom stereocenters. The van der Waals surface area contributed by atoms with Gasteiger partial charge in [-0.3, -0.25) is 9.59 Å². The molecule has 0 radical (unpaired) electrons. The first-order valence-electron chi connectivity index (χ1n) is 8.09. The number of carbonyl (C=O) groups excluding carboxylic acids is 3. The summed E-state index contributed by atoms with van der Waals surface area (Å²) in [5.74, 6) is -0.318. The van der Waals surface area contributed by atoms with Crippen LogP contribution in [0.15, 0.2) is 18.2 Å². The van der Waals surface area contributed by atoms with Crippen LogP contribution in [0, 0.1) is 0 Å². The van der Waals surface area contributed by atoms with Crippen LogP contribution in [0.5, 0.6) is 11.5 Å². The molecular weight excluding hydrogens is 330 g/mol. The molecule has 0 bridgehead atoms. The molecule has 1 amide bonds. The van der Waals surface area contributed by atoms with Crippen LogP contribution in [-0.4, -0.2) is 50.8 Å². The molecule has 0 saturated carbocycles. The topological polar surface area (TPSA) is 100 Å². The molecule has 1 aromatic rings. The Morgan fingerprint density at radius 2 is 1.88 bits per heavy atom. The summed E-state index contributed by atoms with van der Waals surface area (Å²) >= 11 is 0. The van der Waals surface area contributed by atoms with Gasteiger partial charge in [-0.2, -0.15) is 0 Å². The van der Waals surface area contributed by atoms with Gasteiger partial charge in [0.2, 0.25) is 0 Å². The molecule has 2 rings (SSSR count). The van der Waals surface area contributed by atoms with Crippen LogP contribution < -0.4 is 14.8 Å². The number of amides is 1. The number of ether oxygens (including phenoxy) is 4. The van der Waals surface area contributed by atoms with E-state index in [9.17, 15) is 14.4 Å². The van der Waals surface area contributed by atoms with Crippen LogP contribution in [-0.2, 0) is 19.1 Å². The van der Waals surface area contributed by atoms with Gasteiger partial charge in [0, 0.05) is 13.0 Å². The second-order valence-electron chi connectivity index (χ2n) is 5.19. The van der Waals surface area contributed by atoms with Crippen LogP contribution >= 0.6 is 0 Å². The van der Waals surface area contributed by atoms with Gasteiger partial charge in [0.1, 0.15) is 13.2 Å². The lowest BCUT2D eigenvalue weighted by molar-refractivity contribution is -0.143. The molecule has 1 aliphatic rings. The fraction of sp³-hybridized carbons (Fsp3) is 0.471. The second kappa shape index (κ2) is 9.51. The highest BCUT2D eigenvalue weighted by Crippen LogP contribution is 2.30. The third kappa shape index (κ3) is 5.98. The zero-order valence-corrected chi connectivity index (χ0v) is 14.0. The van der Waals surface area contributed by atoms with Gasteiger partial charge in [-0.1, -0.05) is 0 Å². The van der Waals surface area contributed by atoms with Gasteiger partial charge < -0.3 is 24.3 Å². The van der Waals surface area contributed by atoms with E-state index in [2.05, 4.69) is 5.32 Å². The zero-order valence-electron chi connectivity index (χ0n) is 14.0. The number of hydrogen-bond donors (Lipinski definition) is 1. The maximum atomic E-state index is 12.0. The van der Waals surface area contributed by atoms with Gasteiger partial charge in [0.15, 0.2) is 18.1 Å². The molecule has 0 aromatic heterocycles. The number of benzene rings is 1. The van der Waals surface area contributed by atoms with Gasteiger partial charge in [0.05, 0.1) is 12.2 Å². The van der Waals surface area contributed by atoms with Crippen LogP contribution in [0.1, 0.15) is 30.1 Å². The van der Waals surface area contributed by atoms with Gasteiger partial charge in [-0.05, 0) is 31.5 Å². The van der Waals surface area contributed by atoms with Gasteiger partial charge in [-0.15, -0.1) is 0 Å². The Morgan fingerprint density at radius 3 is 2.64 bits per heavy atom. The highest BCUT2D eigenvalue weighted by molar-refractivity contribution is 5.92. The minimum atomic E-state index is -0.626. The second-order valence-corrected chi connectivity index (χ2v) is 5.19. The number of esters is 2. The van der Waals surface area contributed by atoms with Gasteiger partial charge >= 0.3 is 11.9 Å². The van der Waals surface area contributed by atoms with Crippen LogP contribution in [0.3, 0.4) is 0 Å². The molecule has 1 heterocycles. The standard InChI is InChI=1S/C17H21NO7/c1-2-22-16(20)4-3-7-18-15(19)11-25-17(21)12-5-6-13-14(10-12)24-9-8-23-13/h5-6,10H,2-4,7-9,11H2,1H3,(H,18,19). The Hall–Kier alpha value is -2.77. The van der Waals surface area contributed by atoms with Crippen molar-refractivity contribution in [3.8, 4) is 11.5 Å². The SMILES string of the molecule is CCOC(=O)CCCNC(=O)COC(=O)c1ccc2c(c1)OCCO2. The molecular formula is C17H21NO7. The van der Waals surface area contributed by atoms with E-state index < -0.39 is 18.5 Å². The van der Waals surface area contributed by atoms with Crippen molar-refractivity contribution in [3.63, 3.8) is 0 Å². The molecule has 0 saturated heterocycles. The van der Waals surface area contributed by atoms with E-state index in [-0.39, 0.29) is 18.0 Å². The molecule has 1 aliphatic heterocycles. The van der Waals surface area contributed by atoms with E-state index in [4.69, 9.17) is 18.9 Å². The van der Waals surface area contributed by atoms with Gasteiger partial charge in [-0.25, -0.2) is 4.79 Å². The van der Waals surface area contributed by atoms with Crippen molar-refractivity contribution in [1.29, 1.82) is 0 Å². The summed E-state index contributed by atoms with van der Waals surface area (Å²) in [6.45, 7) is 2.86. The lowest BCUT2D eigenvalue weighted by Crippen LogP contribution is -2.30.